The van der Waals surface area contributed by atoms with E-state index in [0.717, 1.165) is 18.7 Å². The van der Waals surface area contributed by atoms with Crippen LogP contribution < -0.4 is 5.32 Å². The average molecular weight is 241 g/mol. The molecule has 1 rings (SSSR count). The molecule has 0 saturated heterocycles. The molecule has 0 bridgehead atoms. The van der Waals surface area contributed by atoms with Crippen LogP contribution in [0.5, 0.6) is 0 Å². The Morgan fingerprint density at radius 3 is 2.76 bits per heavy atom. The van der Waals surface area contributed by atoms with E-state index in [2.05, 4.69) is 19.2 Å². The highest BCUT2D eigenvalue weighted by Gasteiger charge is 2.18. The van der Waals surface area contributed by atoms with Gasteiger partial charge in [0.2, 0.25) is 0 Å². The molecule has 0 amide bonds. The first-order chi connectivity index (χ1) is 8.02. The van der Waals surface area contributed by atoms with Crippen LogP contribution in [0.15, 0.2) is 23.7 Å². The van der Waals surface area contributed by atoms with E-state index in [1.165, 1.54) is 0 Å². The van der Waals surface area contributed by atoms with Crippen molar-refractivity contribution in [1.29, 1.82) is 0 Å². The molecular weight excluding hydrogens is 217 g/mol. The summed E-state index contributed by atoms with van der Waals surface area (Å²) in [6.45, 7) is 9.64. The molecule has 0 heterocycles. The van der Waals surface area contributed by atoms with E-state index >= 15 is 0 Å². The van der Waals surface area contributed by atoms with Crippen LogP contribution >= 0.6 is 0 Å². The lowest BCUT2D eigenvalue weighted by Crippen LogP contribution is -2.27. The maximum atomic E-state index is 13.7. The lowest BCUT2D eigenvalue weighted by molar-refractivity contribution is 0.167. The van der Waals surface area contributed by atoms with Crippen LogP contribution in [0.4, 0.5) is 4.39 Å². The topological polar surface area (TPSA) is 21.3 Å². The third-order valence-corrected chi connectivity index (χ3v) is 2.72. The van der Waals surface area contributed by atoms with Gasteiger partial charge in [0, 0.05) is 18.4 Å². The Bertz CT molecular complexity index is 297. The molecule has 0 aromatic carbocycles. The number of ether oxygens (including phenoxy) is 1. The van der Waals surface area contributed by atoms with Crippen LogP contribution in [0.25, 0.3) is 0 Å². The number of hydrogen-bond acceptors (Lipinski definition) is 2. The number of hydrogen-bond donors (Lipinski definition) is 1. The van der Waals surface area contributed by atoms with Crippen LogP contribution in [0, 0.1) is 11.8 Å². The molecule has 0 aliphatic heterocycles. The molecule has 0 radical (unpaired) electrons. The van der Waals surface area contributed by atoms with E-state index in [0.29, 0.717) is 12.5 Å². The molecule has 0 spiro atoms. The molecule has 2 atom stereocenters. The van der Waals surface area contributed by atoms with Gasteiger partial charge in [-0.05, 0) is 24.6 Å². The smallest absolute Gasteiger partial charge is 0.104 e. The normalized spacial score (nSPS) is 25.3. The minimum Gasteiger partial charge on any atom is -0.498 e. The lowest BCUT2D eigenvalue weighted by atomic mass is 10.1. The third-order valence-electron chi connectivity index (χ3n) is 2.72. The number of nitrogens with one attached hydrogen (secondary N) is 1. The largest absolute Gasteiger partial charge is 0.498 e. The lowest BCUT2D eigenvalue weighted by Gasteiger charge is -2.16. The number of rotatable bonds is 5. The molecule has 3 heteroatoms. The van der Waals surface area contributed by atoms with Gasteiger partial charge in [-0.15, -0.1) is 0 Å². The molecule has 98 valence electrons. The molecule has 0 aromatic heterocycles. The van der Waals surface area contributed by atoms with E-state index in [9.17, 15) is 4.39 Å². The third kappa shape index (κ3) is 4.90. The maximum absolute atomic E-state index is 13.7. The Morgan fingerprint density at radius 1 is 1.47 bits per heavy atom. The Balaban J connectivity index is 2.68. The highest BCUT2D eigenvalue weighted by Crippen LogP contribution is 2.24. The molecule has 1 aliphatic rings. The summed E-state index contributed by atoms with van der Waals surface area (Å²) in [5.41, 5.74) is 0. The van der Waals surface area contributed by atoms with Gasteiger partial charge in [-0.1, -0.05) is 27.7 Å². The van der Waals surface area contributed by atoms with Gasteiger partial charge in [0.1, 0.15) is 5.83 Å². The molecule has 2 nitrogen and oxygen atoms in total. The minimum absolute atomic E-state index is 0.0448. The van der Waals surface area contributed by atoms with Crippen molar-refractivity contribution >= 4 is 0 Å². The highest BCUT2D eigenvalue weighted by molar-refractivity contribution is 5.17. The first-order valence-corrected chi connectivity index (χ1v) is 6.47. The quantitative estimate of drug-likeness (QED) is 0.796. The standard InChI is InChI=1S/C14H24FNO/c1-5-16-12-7-13(17-9-10(2)3)6-11(4)14(15)8-12/h6,8,10-12,16H,5,7,9H2,1-4H3/t11-,12?/m0/s1. The highest BCUT2D eigenvalue weighted by atomic mass is 19.1. The van der Waals surface area contributed by atoms with E-state index < -0.39 is 0 Å². The fraction of sp³-hybridized carbons (Fsp3) is 0.714. The summed E-state index contributed by atoms with van der Waals surface area (Å²) in [7, 11) is 0. The zero-order valence-electron chi connectivity index (χ0n) is 11.3. The van der Waals surface area contributed by atoms with E-state index in [-0.39, 0.29) is 17.8 Å². The van der Waals surface area contributed by atoms with E-state index in [1.54, 1.807) is 6.08 Å². The second-order valence-corrected chi connectivity index (χ2v) is 5.05. The van der Waals surface area contributed by atoms with Crippen molar-refractivity contribution in [2.24, 2.45) is 11.8 Å². The zero-order valence-corrected chi connectivity index (χ0v) is 11.3. The van der Waals surface area contributed by atoms with Crippen molar-refractivity contribution in [1.82, 2.24) is 5.32 Å². The van der Waals surface area contributed by atoms with Crippen LogP contribution in [-0.4, -0.2) is 19.2 Å². The van der Waals surface area contributed by atoms with Crippen LogP contribution in [0.2, 0.25) is 0 Å². The molecule has 0 fully saturated rings. The Hall–Kier alpha value is -0.830. The second-order valence-electron chi connectivity index (χ2n) is 5.05. The first-order valence-electron chi connectivity index (χ1n) is 6.47. The van der Waals surface area contributed by atoms with Crippen LogP contribution in [-0.2, 0) is 4.74 Å². The summed E-state index contributed by atoms with van der Waals surface area (Å²) in [5, 5.41) is 3.26. The van der Waals surface area contributed by atoms with Gasteiger partial charge in [0.15, 0.2) is 0 Å². The predicted octanol–water partition coefficient (Wildman–Crippen LogP) is 3.41. The number of halogens is 1. The Labute approximate surface area is 104 Å². The summed E-state index contributed by atoms with van der Waals surface area (Å²) < 4.78 is 19.4. The average Bonchev–Trinajstić information content (AvgIpc) is 2.37. The SMILES string of the molecule is CCNC1C=C(F)[C@@H](C)C=C(OCC(C)C)C1. The molecular formula is C14H24FNO. The second kappa shape index (κ2) is 6.80. The monoisotopic (exact) mass is 241 g/mol. The van der Waals surface area contributed by atoms with Crippen molar-refractivity contribution in [2.75, 3.05) is 13.2 Å². The molecule has 1 N–H and O–H groups in total. The first kappa shape index (κ1) is 14.2. The molecule has 1 aliphatic carbocycles. The van der Waals surface area contributed by atoms with Crippen LogP contribution in [0.3, 0.4) is 0 Å². The molecule has 17 heavy (non-hydrogen) atoms. The van der Waals surface area contributed by atoms with Gasteiger partial charge < -0.3 is 10.1 Å². The summed E-state index contributed by atoms with van der Waals surface area (Å²) in [4.78, 5) is 0. The predicted molar refractivity (Wildman–Crippen MR) is 69.3 cm³/mol. The summed E-state index contributed by atoms with van der Waals surface area (Å²) >= 11 is 0. The van der Waals surface area contributed by atoms with E-state index in [1.807, 2.05) is 19.9 Å². The van der Waals surface area contributed by atoms with Crippen molar-refractivity contribution in [2.45, 2.75) is 40.2 Å². The van der Waals surface area contributed by atoms with Gasteiger partial charge in [0.05, 0.1) is 12.4 Å². The number of likely N-dealkylation sites (N-methyl/N-ethyl adjacent to an activating group) is 1. The number of allylic oxidation sites excluding steroid dienone is 2. The molecule has 1 unspecified atom stereocenters. The summed E-state index contributed by atoms with van der Waals surface area (Å²) in [5.74, 6) is 1.14. The van der Waals surface area contributed by atoms with Crippen molar-refractivity contribution in [3.8, 4) is 0 Å². The summed E-state index contributed by atoms with van der Waals surface area (Å²) in [6.07, 6.45) is 4.31. The van der Waals surface area contributed by atoms with Gasteiger partial charge >= 0.3 is 0 Å². The zero-order chi connectivity index (χ0) is 12.8. The molecule has 0 saturated carbocycles. The van der Waals surface area contributed by atoms with Gasteiger partial charge in [0.25, 0.3) is 0 Å². The van der Waals surface area contributed by atoms with E-state index in [4.69, 9.17) is 4.74 Å². The van der Waals surface area contributed by atoms with Gasteiger partial charge in [-0.25, -0.2) is 4.39 Å². The minimum atomic E-state index is -0.180. The Morgan fingerprint density at radius 2 is 2.18 bits per heavy atom. The van der Waals surface area contributed by atoms with Gasteiger partial charge in [-0.3, -0.25) is 0 Å². The van der Waals surface area contributed by atoms with Gasteiger partial charge in [-0.2, -0.15) is 0 Å². The van der Waals surface area contributed by atoms with Crippen molar-refractivity contribution < 1.29 is 9.13 Å². The molecule has 0 aromatic rings. The Kier molecular flexibility index (Phi) is 5.69. The van der Waals surface area contributed by atoms with Crippen molar-refractivity contribution in [3.63, 3.8) is 0 Å². The van der Waals surface area contributed by atoms with Crippen molar-refractivity contribution in [3.05, 3.63) is 23.7 Å². The fourth-order valence-electron chi connectivity index (χ4n) is 1.82. The fourth-order valence-corrected chi connectivity index (χ4v) is 1.82. The van der Waals surface area contributed by atoms with Crippen LogP contribution in [0.1, 0.15) is 34.1 Å². The summed E-state index contributed by atoms with van der Waals surface area (Å²) in [6, 6.07) is 0.0448. The maximum Gasteiger partial charge on any atom is 0.104 e.